The Morgan fingerprint density at radius 2 is 2.20 bits per heavy atom. The largest absolute Gasteiger partial charge is 0.481 e. The third-order valence-electron chi connectivity index (χ3n) is 3.48. The fourth-order valence-electron chi connectivity index (χ4n) is 2.55. The lowest BCUT2D eigenvalue weighted by Crippen LogP contribution is -2.04. The van der Waals surface area contributed by atoms with E-state index in [0.29, 0.717) is 5.76 Å². The molecule has 0 amide bonds. The molecule has 1 atom stereocenters. The molecule has 1 aliphatic heterocycles. The van der Waals surface area contributed by atoms with Crippen molar-refractivity contribution in [2.45, 2.75) is 25.4 Å². The van der Waals surface area contributed by atoms with Crippen LogP contribution >= 0.6 is 11.3 Å². The highest BCUT2D eigenvalue weighted by molar-refractivity contribution is 7.10. The number of ether oxygens (including phenoxy) is 1. The Kier molecular flexibility index (Phi) is 3.41. The molecule has 3 nitrogen and oxygen atoms in total. The van der Waals surface area contributed by atoms with Crippen LogP contribution in [0.5, 0.6) is 0 Å². The molecule has 0 radical (unpaired) electrons. The number of aryl methyl sites for hydroxylation is 1. The fourth-order valence-corrected chi connectivity index (χ4v) is 3.72. The van der Waals surface area contributed by atoms with Crippen molar-refractivity contribution in [2.75, 3.05) is 0 Å². The van der Waals surface area contributed by atoms with Gasteiger partial charge in [0, 0.05) is 6.08 Å². The van der Waals surface area contributed by atoms with Crippen LogP contribution in [-0.4, -0.2) is 0 Å². The van der Waals surface area contributed by atoms with Gasteiger partial charge in [-0.1, -0.05) is 6.08 Å². The maximum atomic E-state index is 8.79. The van der Waals surface area contributed by atoms with Crippen molar-refractivity contribution in [1.29, 1.82) is 10.5 Å². The van der Waals surface area contributed by atoms with Crippen molar-refractivity contribution in [1.82, 2.24) is 0 Å². The molecule has 0 aromatic carbocycles. The minimum Gasteiger partial charge on any atom is -0.481 e. The van der Waals surface area contributed by atoms with E-state index in [1.807, 2.05) is 24.3 Å². The van der Waals surface area contributed by atoms with Crippen LogP contribution in [0.3, 0.4) is 0 Å². The lowest BCUT2D eigenvalue weighted by molar-refractivity contribution is 0.166. The zero-order valence-electron chi connectivity index (χ0n) is 10.8. The zero-order chi connectivity index (χ0) is 13.9. The molecule has 0 N–H and O–H groups in total. The van der Waals surface area contributed by atoms with Crippen molar-refractivity contribution in [3.63, 3.8) is 0 Å². The topological polar surface area (TPSA) is 56.8 Å². The summed E-state index contributed by atoms with van der Waals surface area (Å²) in [4.78, 5) is 1.25. The highest BCUT2D eigenvalue weighted by atomic mass is 32.1. The number of hydrogen-bond acceptors (Lipinski definition) is 4. The first-order chi connectivity index (χ1) is 9.81. The molecule has 1 unspecified atom stereocenters. The predicted octanol–water partition coefficient (Wildman–Crippen LogP) is 3.72. The number of fused-ring (bicyclic) bond motifs is 1. The van der Waals surface area contributed by atoms with Crippen LogP contribution < -0.4 is 0 Å². The molecule has 1 aromatic rings. The quantitative estimate of drug-likeness (QED) is 0.776. The van der Waals surface area contributed by atoms with Gasteiger partial charge in [-0.15, -0.1) is 11.3 Å². The summed E-state index contributed by atoms with van der Waals surface area (Å²) in [7, 11) is 0. The van der Waals surface area contributed by atoms with Crippen molar-refractivity contribution in [2.24, 2.45) is 0 Å². The molecule has 2 heterocycles. The molecule has 0 spiro atoms. The van der Waals surface area contributed by atoms with Gasteiger partial charge < -0.3 is 4.74 Å². The third kappa shape index (κ3) is 2.27. The van der Waals surface area contributed by atoms with E-state index >= 15 is 0 Å². The molecule has 0 fully saturated rings. The number of rotatable bonds is 2. The van der Waals surface area contributed by atoms with Gasteiger partial charge >= 0.3 is 0 Å². The molecule has 3 rings (SSSR count). The molecule has 20 heavy (non-hydrogen) atoms. The molecule has 2 aliphatic rings. The van der Waals surface area contributed by atoms with E-state index in [1.54, 1.807) is 17.4 Å². The first-order valence-corrected chi connectivity index (χ1v) is 7.36. The highest BCUT2D eigenvalue weighted by Crippen LogP contribution is 2.38. The minimum atomic E-state index is -0.100. The second kappa shape index (κ2) is 5.36. The second-order valence-corrected chi connectivity index (χ2v) is 5.64. The van der Waals surface area contributed by atoms with E-state index in [4.69, 9.17) is 15.3 Å². The monoisotopic (exact) mass is 280 g/mol. The van der Waals surface area contributed by atoms with E-state index in [9.17, 15) is 0 Å². The molecule has 1 aliphatic carbocycles. The summed E-state index contributed by atoms with van der Waals surface area (Å²) in [6.07, 6.45) is 10.6. The summed E-state index contributed by atoms with van der Waals surface area (Å²) in [6.45, 7) is 0. The van der Waals surface area contributed by atoms with E-state index in [0.717, 1.165) is 12.8 Å². The van der Waals surface area contributed by atoms with Gasteiger partial charge in [0.1, 0.15) is 23.5 Å². The van der Waals surface area contributed by atoms with Crippen molar-refractivity contribution in [3.05, 3.63) is 57.0 Å². The number of nitriles is 2. The summed E-state index contributed by atoms with van der Waals surface area (Å²) in [5, 5.41) is 19.8. The average molecular weight is 280 g/mol. The van der Waals surface area contributed by atoms with Crippen molar-refractivity contribution >= 4 is 11.3 Å². The summed E-state index contributed by atoms with van der Waals surface area (Å²) in [6, 6.07) is 3.70. The van der Waals surface area contributed by atoms with E-state index in [2.05, 4.69) is 5.38 Å². The summed E-state index contributed by atoms with van der Waals surface area (Å²) >= 11 is 1.74. The molecular weight excluding hydrogens is 268 g/mol. The van der Waals surface area contributed by atoms with Crippen molar-refractivity contribution in [3.8, 4) is 12.1 Å². The average Bonchev–Trinajstić information content (AvgIpc) is 3.07. The Morgan fingerprint density at radius 1 is 1.35 bits per heavy atom. The van der Waals surface area contributed by atoms with Gasteiger partial charge in [0.15, 0.2) is 6.10 Å². The van der Waals surface area contributed by atoms with Gasteiger partial charge in [-0.25, -0.2) is 0 Å². The van der Waals surface area contributed by atoms with Crippen LogP contribution in [-0.2, 0) is 17.6 Å². The highest BCUT2D eigenvalue weighted by Gasteiger charge is 2.24. The Morgan fingerprint density at radius 3 is 3.00 bits per heavy atom. The number of hydrogen-bond donors (Lipinski definition) is 0. The van der Waals surface area contributed by atoms with Crippen LogP contribution in [0.15, 0.2) is 41.0 Å². The first kappa shape index (κ1) is 12.7. The number of nitrogens with zero attached hydrogens (tertiary/aromatic N) is 2. The normalized spacial score (nSPS) is 19.3. The van der Waals surface area contributed by atoms with Gasteiger partial charge in [-0.05, 0) is 47.9 Å². The lowest BCUT2D eigenvalue weighted by Gasteiger charge is -2.19. The SMILES string of the molecule is N#CC(C#N)=CC1=CC=CC(c2scc3c2CCC3)O1. The smallest absolute Gasteiger partial charge is 0.152 e. The first-order valence-electron chi connectivity index (χ1n) is 6.48. The standard InChI is InChI=1S/C16H12N2OS/c17-8-11(9-18)7-13-4-2-6-15(19-13)16-14-5-1-3-12(14)10-20-16/h2,4,6-7,10,15H,1,3,5H2. The summed E-state index contributed by atoms with van der Waals surface area (Å²) in [5.74, 6) is 0.566. The van der Waals surface area contributed by atoms with Crippen LogP contribution in [0, 0.1) is 22.7 Å². The van der Waals surface area contributed by atoms with E-state index in [-0.39, 0.29) is 11.7 Å². The van der Waals surface area contributed by atoms with Crippen molar-refractivity contribution < 1.29 is 4.74 Å². The second-order valence-electron chi connectivity index (χ2n) is 4.73. The van der Waals surface area contributed by atoms with Gasteiger partial charge in [-0.2, -0.15) is 10.5 Å². The maximum absolute atomic E-state index is 8.79. The molecule has 98 valence electrons. The maximum Gasteiger partial charge on any atom is 0.152 e. The number of thiophene rings is 1. The van der Waals surface area contributed by atoms with Gasteiger partial charge in [0.05, 0.1) is 4.88 Å². The summed E-state index contributed by atoms with van der Waals surface area (Å²) < 4.78 is 5.90. The molecule has 4 heteroatoms. The van der Waals surface area contributed by atoms with E-state index < -0.39 is 0 Å². The third-order valence-corrected chi connectivity index (χ3v) is 4.62. The predicted molar refractivity (Wildman–Crippen MR) is 76.7 cm³/mol. The van der Waals surface area contributed by atoms with Crippen LogP contribution in [0.25, 0.3) is 0 Å². The Labute approximate surface area is 121 Å². The van der Waals surface area contributed by atoms with Crippen LogP contribution in [0.2, 0.25) is 0 Å². The van der Waals surface area contributed by atoms with Crippen LogP contribution in [0.1, 0.15) is 28.5 Å². The Balaban J connectivity index is 1.84. The fraction of sp³-hybridized carbons (Fsp3) is 0.250. The number of allylic oxidation sites excluding steroid dienone is 4. The molecular formula is C16H12N2OS. The van der Waals surface area contributed by atoms with Gasteiger partial charge in [0.2, 0.25) is 0 Å². The van der Waals surface area contributed by atoms with Gasteiger partial charge in [-0.3, -0.25) is 0 Å². The summed E-state index contributed by atoms with van der Waals surface area (Å²) in [5.41, 5.74) is 2.93. The minimum absolute atomic E-state index is 0.0571. The zero-order valence-corrected chi connectivity index (χ0v) is 11.6. The van der Waals surface area contributed by atoms with E-state index in [1.165, 1.54) is 28.5 Å². The molecule has 0 saturated carbocycles. The Hall–Kier alpha value is -2.30. The van der Waals surface area contributed by atoms with Gasteiger partial charge in [0.25, 0.3) is 0 Å². The molecule has 0 saturated heterocycles. The molecule has 1 aromatic heterocycles. The van der Waals surface area contributed by atoms with Crippen LogP contribution in [0.4, 0.5) is 0 Å². The molecule has 0 bridgehead atoms. The Bertz CT molecular complexity index is 694. The lowest BCUT2D eigenvalue weighted by atomic mass is 10.1.